The van der Waals surface area contributed by atoms with Crippen molar-refractivity contribution in [2.24, 2.45) is 0 Å². The topological polar surface area (TPSA) is 71.1 Å². The van der Waals surface area contributed by atoms with Gasteiger partial charge in [0.1, 0.15) is 11.8 Å². The molecule has 0 radical (unpaired) electrons. The van der Waals surface area contributed by atoms with Gasteiger partial charge in [0.2, 0.25) is 0 Å². The fraction of sp³-hybridized carbons (Fsp3) is 0.188. The van der Waals surface area contributed by atoms with Gasteiger partial charge >= 0.3 is 0 Å². The Morgan fingerprint density at radius 3 is 2.80 bits per heavy atom. The van der Waals surface area contributed by atoms with Crippen LogP contribution in [0.4, 0.5) is 11.4 Å². The predicted molar refractivity (Wildman–Crippen MR) is 80.8 cm³/mol. The lowest BCUT2D eigenvalue weighted by atomic mass is 10.1. The van der Waals surface area contributed by atoms with Crippen molar-refractivity contribution >= 4 is 11.4 Å². The number of nitrogens with zero attached hydrogens (tertiary/aromatic N) is 1. The first-order chi connectivity index (χ1) is 9.72. The van der Waals surface area contributed by atoms with Gasteiger partial charge in [0.05, 0.1) is 18.4 Å². The van der Waals surface area contributed by atoms with E-state index in [9.17, 15) is 0 Å². The summed E-state index contributed by atoms with van der Waals surface area (Å²) >= 11 is 0. The summed E-state index contributed by atoms with van der Waals surface area (Å²) in [6.45, 7) is 0.790. The summed E-state index contributed by atoms with van der Waals surface area (Å²) in [6.07, 6.45) is 0.886. The minimum atomic E-state index is 0.499. The molecule has 2 aromatic carbocycles. The van der Waals surface area contributed by atoms with Gasteiger partial charge in [0.15, 0.2) is 0 Å². The van der Waals surface area contributed by atoms with Crippen LogP contribution < -0.4 is 15.8 Å². The Balaban J connectivity index is 1.92. The van der Waals surface area contributed by atoms with Gasteiger partial charge in [-0.3, -0.25) is 0 Å². The predicted octanol–water partition coefficient (Wildman–Crippen LogP) is 2.80. The van der Waals surface area contributed by atoms with Gasteiger partial charge in [-0.25, -0.2) is 0 Å². The van der Waals surface area contributed by atoms with Gasteiger partial charge in [-0.2, -0.15) is 5.26 Å². The molecule has 0 aliphatic rings. The lowest BCUT2D eigenvalue weighted by molar-refractivity contribution is 0.414. The van der Waals surface area contributed by atoms with Crippen LogP contribution in [0.15, 0.2) is 42.5 Å². The summed E-state index contributed by atoms with van der Waals surface area (Å²) < 4.78 is 5.19. The van der Waals surface area contributed by atoms with Crippen LogP contribution in [0.25, 0.3) is 0 Å². The number of ether oxygens (including phenoxy) is 1. The third-order valence-corrected chi connectivity index (χ3v) is 3.05. The number of methoxy groups -OCH3 is 1. The molecule has 4 heteroatoms. The molecule has 0 amide bonds. The number of hydrogen-bond donors (Lipinski definition) is 2. The zero-order valence-electron chi connectivity index (χ0n) is 11.4. The summed E-state index contributed by atoms with van der Waals surface area (Å²) in [6, 6.07) is 15.4. The first-order valence-electron chi connectivity index (χ1n) is 6.39. The molecule has 2 aromatic rings. The van der Waals surface area contributed by atoms with E-state index in [1.807, 2.05) is 24.3 Å². The Morgan fingerprint density at radius 2 is 2.10 bits per heavy atom. The van der Waals surface area contributed by atoms with E-state index >= 15 is 0 Å². The Labute approximate surface area is 118 Å². The summed E-state index contributed by atoms with van der Waals surface area (Å²) in [5.41, 5.74) is 8.90. The van der Waals surface area contributed by atoms with E-state index in [-0.39, 0.29) is 0 Å². The number of anilines is 2. The first-order valence-corrected chi connectivity index (χ1v) is 6.39. The number of rotatable bonds is 5. The number of nitrogens with one attached hydrogen (secondary N) is 1. The van der Waals surface area contributed by atoms with Gasteiger partial charge in [-0.1, -0.05) is 12.1 Å². The molecular weight excluding hydrogens is 250 g/mol. The third-order valence-electron chi connectivity index (χ3n) is 3.05. The lowest BCUT2D eigenvalue weighted by Gasteiger charge is -2.08. The standard InChI is InChI=1S/C16H17N3O/c1-20-15-4-2-3-12(9-15)7-8-19-14-6-5-13(11-17)16(18)10-14/h2-6,9-10,19H,7-8,18H2,1H3. The molecule has 102 valence electrons. The smallest absolute Gasteiger partial charge is 0.119 e. The highest BCUT2D eigenvalue weighted by Crippen LogP contribution is 2.17. The molecule has 0 bridgehead atoms. The monoisotopic (exact) mass is 267 g/mol. The minimum Gasteiger partial charge on any atom is -0.497 e. The van der Waals surface area contributed by atoms with Crippen molar-refractivity contribution in [3.8, 4) is 11.8 Å². The molecule has 0 spiro atoms. The van der Waals surface area contributed by atoms with E-state index in [1.165, 1.54) is 5.56 Å². The molecule has 0 atom stereocenters. The Hall–Kier alpha value is -2.67. The third kappa shape index (κ3) is 3.42. The van der Waals surface area contributed by atoms with Gasteiger partial charge < -0.3 is 15.8 Å². The summed E-state index contributed by atoms with van der Waals surface area (Å²) in [7, 11) is 1.66. The van der Waals surface area contributed by atoms with Crippen molar-refractivity contribution in [3.05, 3.63) is 53.6 Å². The minimum absolute atomic E-state index is 0.499. The number of benzene rings is 2. The van der Waals surface area contributed by atoms with Crippen LogP contribution in [0.3, 0.4) is 0 Å². The van der Waals surface area contributed by atoms with Crippen molar-refractivity contribution in [1.29, 1.82) is 5.26 Å². The lowest BCUT2D eigenvalue weighted by Crippen LogP contribution is -2.05. The van der Waals surface area contributed by atoms with E-state index in [2.05, 4.69) is 17.5 Å². The van der Waals surface area contributed by atoms with Crippen molar-refractivity contribution in [2.75, 3.05) is 24.7 Å². The number of nitrogens with two attached hydrogens (primary N) is 1. The number of nitrogen functional groups attached to an aromatic ring is 1. The molecule has 3 N–H and O–H groups in total. The molecule has 0 heterocycles. The van der Waals surface area contributed by atoms with Crippen LogP contribution in [0.2, 0.25) is 0 Å². The Morgan fingerprint density at radius 1 is 1.25 bits per heavy atom. The maximum Gasteiger partial charge on any atom is 0.119 e. The molecule has 2 rings (SSSR count). The van der Waals surface area contributed by atoms with Crippen LogP contribution in [-0.2, 0) is 6.42 Å². The van der Waals surface area contributed by atoms with Crippen molar-refractivity contribution < 1.29 is 4.74 Å². The highest BCUT2D eigenvalue weighted by atomic mass is 16.5. The molecule has 0 saturated heterocycles. The molecule has 0 aliphatic carbocycles. The molecule has 0 unspecified atom stereocenters. The Bertz CT molecular complexity index is 632. The normalized spacial score (nSPS) is 9.80. The second kappa shape index (κ2) is 6.48. The number of nitriles is 1. The highest BCUT2D eigenvalue weighted by Gasteiger charge is 2.00. The second-order valence-electron chi connectivity index (χ2n) is 4.44. The Kier molecular flexibility index (Phi) is 4.46. The molecule has 0 aromatic heterocycles. The van der Waals surface area contributed by atoms with Crippen LogP contribution >= 0.6 is 0 Å². The van der Waals surface area contributed by atoms with E-state index < -0.39 is 0 Å². The quantitative estimate of drug-likeness (QED) is 0.817. The average Bonchev–Trinajstić information content (AvgIpc) is 2.48. The molecule has 0 saturated carbocycles. The maximum absolute atomic E-state index is 8.82. The van der Waals surface area contributed by atoms with Gasteiger partial charge in [-0.15, -0.1) is 0 Å². The molecule has 0 aliphatic heterocycles. The van der Waals surface area contributed by atoms with E-state index in [4.69, 9.17) is 15.7 Å². The number of hydrogen-bond acceptors (Lipinski definition) is 4. The van der Waals surface area contributed by atoms with Crippen LogP contribution in [0, 0.1) is 11.3 Å². The summed E-state index contributed by atoms with van der Waals surface area (Å²) in [5.74, 6) is 0.866. The maximum atomic E-state index is 8.82. The van der Waals surface area contributed by atoms with E-state index in [0.29, 0.717) is 11.3 Å². The van der Waals surface area contributed by atoms with E-state index in [1.54, 1.807) is 19.2 Å². The van der Waals surface area contributed by atoms with Crippen molar-refractivity contribution in [3.63, 3.8) is 0 Å². The van der Waals surface area contributed by atoms with Gasteiger partial charge in [0.25, 0.3) is 0 Å². The zero-order valence-corrected chi connectivity index (χ0v) is 11.4. The molecule has 4 nitrogen and oxygen atoms in total. The largest absolute Gasteiger partial charge is 0.497 e. The molecule has 20 heavy (non-hydrogen) atoms. The first kappa shape index (κ1) is 13.8. The molecular formula is C16H17N3O. The van der Waals surface area contributed by atoms with E-state index in [0.717, 1.165) is 24.4 Å². The summed E-state index contributed by atoms with van der Waals surface area (Å²) in [5, 5.41) is 12.1. The zero-order chi connectivity index (χ0) is 14.4. The van der Waals surface area contributed by atoms with Gasteiger partial charge in [-0.05, 0) is 42.3 Å². The van der Waals surface area contributed by atoms with Crippen LogP contribution in [-0.4, -0.2) is 13.7 Å². The fourth-order valence-electron chi connectivity index (χ4n) is 1.95. The second-order valence-corrected chi connectivity index (χ2v) is 4.44. The average molecular weight is 267 g/mol. The van der Waals surface area contributed by atoms with Crippen LogP contribution in [0.1, 0.15) is 11.1 Å². The molecule has 0 fully saturated rings. The van der Waals surface area contributed by atoms with Crippen LogP contribution in [0.5, 0.6) is 5.75 Å². The highest BCUT2D eigenvalue weighted by molar-refractivity contribution is 5.62. The van der Waals surface area contributed by atoms with Crippen molar-refractivity contribution in [1.82, 2.24) is 0 Å². The van der Waals surface area contributed by atoms with Gasteiger partial charge in [0, 0.05) is 12.2 Å². The SMILES string of the molecule is COc1cccc(CCNc2ccc(C#N)c(N)c2)c1. The summed E-state index contributed by atoms with van der Waals surface area (Å²) in [4.78, 5) is 0. The fourth-order valence-corrected chi connectivity index (χ4v) is 1.95. The van der Waals surface area contributed by atoms with Crippen molar-refractivity contribution in [2.45, 2.75) is 6.42 Å².